The summed E-state index contributed by atoms with van der Waals surface area (Å²) in [5.74, 6) is 1.14. The van der Waals surface area contributed by atoms with Crippen LogP contribution in [0.15, 0.2) is 36.7 Å². The van der Waals surface area contributed by atoms with Gasteiger partial charge in [-0.1, -0.05) is 36.8 Å². The molecule has 0 spiro atoms. The van der Waals surface area contributed by atoms with Crippen LogP contribution < -0.4 is 5.32 Å². The van der Waals surface area contributed by atoms with Gasteiger partial charge in [0.2, 0.25) is 0 Å². The van der Waals surface area contributed by atoms with Gasteiger partial charge in [0.15, 0.2) is 0 Å². The molecule has 1 aromatic heterocycles. The lowest BCUT2D eigenvalue weighted by Gasteiger charge is -2.18. The molecule has 1 atom stereocenters. The maximum Gasteiger partial charge on any atom is 0.108 e. The van der Waals surface area contributed by atoms with E-state index in [-0.39, 0.29) is 0 Å². The van der Waals surface area contributed by atoms with Gasteiger partial charge < -0.3 is 9.88 Å². The summed E-state index contributed by atoms with van der Waals surface area (Å²) in [7, 11) is 2.01. The van der Waals surface area contributed by atoms with Gasteiger partial charge in [-0.15, -0.1) is 0 Å². The molecular weight excluding hydrogens is 222 g/mol. The summed E-state index contributed by atoms with van der Waals surface area (Å²) in [6.45, 7) is 5.17. The normalized spacial score (nSPS) is 12.6. The quantitative estimate of drug-likeness (QED) is 0.875. The Kier molecular flexibility index (Phi) is 4.15. The average molecular weight is 243 g/mol. The van der Waals surface area contributed by atoms with Gasteiger partial charge in [0.25, 0.3) is 0 Å². The molecule has 3 nitrogen and oxygen atoms in total. The van der Waals surface area contributed by atoms with Crippen molar-refractivity contribution in [3.8, 4) is 0 Å². The molecule has 0 saturated heterocycles. The van der Waals surface area contributed by atoms with Gasteiger partial charge in [0, 0.05) is 31.4 Å². The molecule has 0 amide bonds. The molecule has 1 aromatic carbocycles. The number of aryl methyl sites for hydroxylation is 2. The highest BCUT2D eigenvalue weighted by Gasteiger charge is 2.11. The smallest absolute Gasteiger partial charge is 0.108 e. The van der Waals surface area contributed by atoms with E-state index in [0.717, 1.165) is 18.8 Å². The van der Waals surface area contributed by atoms with Gasteiger partial charge in [-0.25, -0.2) is 4.98 Å². The molecule has 0 saturated carbocycles. The van der Waals surface area contributed by atoms with Crippen molar-refractivity contribution in [1.29, 1.82) is 0 Å². The minimum Gasteiger partial charge on any atom is -0.333 e. The summed E-state index contributed by atoms with van der Waals surface area (Å²) in [6, 6.07) is 9.03. The second kappa shape index (κ2) is 5.83. The fraction of sp³-hybridized carbons (Fsp3) is 0.400. The third-order valence-electron chi connectivity index (χ3n) is 3.33. The second-order valence-corrected chi connectivity index (χ2v) is 4.60. The zero-order chi connectivity index (χ0) is 13.0. The molecule has 0 aliphatic carbocycles. The van der Waals surface area contributed by atoms with E-state index >= 15 is 0 Å². The summed E-state index contributed by atoms with van der Waals surface area (Å²) in [4.78, 5) is 4.37. The number of hydrogen-bond acceptors (Lipinski definition) is 2. The molecular formula is C15H21N3. The summed E-state index contributed by atoms with van der Waals surface area (Å²) in [6.07, 6.45) is 4.90. The van der Waals surface area contributed by atoms with E-state index in [1.165, 1.54) is 11.1 Å². The Labute approximate surface area is 109 Å². The second-order valence-electron chi connectivity index (χ2n) is 4.60. The van der Waals surface area contributed by atoms with Gasteiger partial charge in [-0.05, 0) is 19.5 Å². The van der Waals surface area contributed by atoms with Crippen LogP contribution >= 0.6 is 0 Å². The lowest BCUT2D eigenvalue weighted by atomic mass is 10.1. The van der Waals surface area contributed by atoms with Crippen molar-refractivity contribution < 1.29 is 0 Å². The van der Waals surface area contributed by atoms with Gasteiger partial charge >= 0.3 is 0 Å². The van der Waals surface area contributed by atoms with Gasteiger partial charge in [-0.3, -0.25) is 0 Å². The van der Waals surface area contributed by atoms with E-state index in [1.807, 2.05) is 13.2 Å². The molecule has 18 heavy (non-hydrogen) atoms. The number of hydrogen-bond donors (Lipinski definition) is 1. The molecule has 1 N–H and O–H groups in total. The fourth-order valence-corrected chi connectivity index (χ4v) is 2.18. The minimum absolute atomic E-state index is 0.324. The number of rotatable bonds is 5. The monoisotopic (exact) mass is 243 g/mol. The lowest BCUT2D eigenvalue weighted by Crippen LogP contribution is -2.22. The van der Waals surface area contributed by atoms with Crippen molar-refractivity contribution in [3.05, 3.63) is 53.6 Å². The van der Waals surface area contributed by atoms with E-state index in [1.54, 1.807) is 0 Å². The first-order valence-electron chi connectivity index (χ1n) is 6.48. The lowest BCUT2D eigenvalue weighted by molar-refractivity contribution is 0.489. The Bertz CT molecular complexity index is 485. The van der Waals surface area contributed by atoms with Gasteiger partial charge in [0.05, 0.1) is 0 Å². The number of imidazole rings is 1. The van der Waals surface area contributed by atoms with Crippen molar-refractivity contribution in [1.82, 2.24) is 14.9 Å². The Morgan fingerprint density at radius 2 is 2.00 bits per heavy atom. The Morgan fingerprint density at radius 3 is 2.61 bits per heavy atom. The van der Waals surface area contributed by atoms with Crippen LogP contribution in [0, 0.1) is 6.92 Å². The maximum atomic E-state index is 4.37. The van der Waals surface area contributed by atoms with E-state index in [0.29, 0.717) is 6.04 Å². The van der Waals surface area contributed by atoms with Gasteiger partial charge in [0.1, 0.15) is 5.82 Å². The highest BCUT2D eigenvalue weighted by molar-refractivity contribution is 5.24. The molecule has 0 bridgehead atoms. The fourth-order valence-electron chi connectivity index (χ4n) is 2.18. The molecule has 0 radical (unpaired) electrons. The van der Waals surface area contributed by atoms with E-state index < -0.39 is 0 Å². The predicted molar refractivity (Wildman–Crippen MR) is 74.6 cm³/mol. The van der Waals surface area contributed by atoms with Crippen molar-refractivity contribution in [2.45, 2.75) is 32.9 Å². The zero-order valence-corrected chi connectivity index (χ0v) is 11.4. The average Bonchev–Trinajstić information content (AvgIpc) is 2.84. The first-order chi connectivity index (χ1) is 8.74. The molecule has 0 aliphatic heterocycles. The zero-order valence-electron chi connectivity index (χ0n) is 11.4. The Morgan fingerprint density at radius 1 is 1.28 bits per heavy atom. The Hall–Kier alpha value is -1.61. The number of aromatic nitrogens is 2. The van der Waals surface area contributed by atoms with E-state index in [2.05, 4.69) is 59.2 Å². The first-order valence-corrected chi connectivity index (χ1v) is 6.48. The largest absolute Gasteiger partial charge is 0.333 e. The standard InChI is InChI=1S/C15H21N3/c1-4-15-17-9-10-18(15)11-14(16-3)13-7-5-12(2)6-8-13/h5-10,14,16H,4,11H2,1-3H3. The molecule has 0 fully saturated rings. The van der Waals surface area contributed by atoms with Crippen LogP contribution in [0.5, 0.6) is 0 Å². The van der Waals surface area contributed by atoms with Crippen LogP contribution in [0.2, 0.25) is 0 Å². The molecule has 1 heterocycles. The van der Waals surface area contributed by atoms with Crippen molar-refractivity contribution >= 4 is 0 Å². The Balaban J connectivity index is 2.17. The maximum absolute atomic E-state index is 4.37. The van der Waals surface area contributed by atoms with Crippen molar-refractivity contribution in [2.24, 2.45) is 0 Å². The highest BCUT2D eigenvalue weighted by atomic mass is 15.1. The van der Waals surface area contributed by atoms with Gasteiger partial charge in [-0.2, -0.15) is 0 Å². The van der Waals surface area contributed by atoms with Crippen molar-refractivity contribution in [2.75, 3.05) is 7.05 Å². The van der Waals surface area contributed by atoms with Crippen LogP contribution in [0.3, 0.4) is 0 Å². The van der Waals surface area contributed by atoms with E-state index in [9.17, 15) is 0 Å². The number of nitrogens with zero attached hydrogens (tertiary/aromatic N) is 2. The van der Waals surface area contributed by atoms with Crippen LogP contribution in [0.25, 0.3) is 0 Å². The van der Waals surface area contributed by atoms with Crippen LogP contribution in [-0.4, -0.2) is 16.6 Å². The molecule has 2 rings (SSSR count). The summed E-state index contributed by atoms with van der Waals surface area (Å²) < 4.78 is 2.22. The summed E-state index contributed by atoms with van der Waals surface area (Å²) in [5.41, 5.74) is 2.62. The molecule has 96 valence electrons. The van der Waals surface area contributed by atoms with E-state index in [4.69, 9.17) is 0 Å². The summed E-state index contributed by atoms with van der Waals surface area (Å²) in [5, 5.41) is 3.38. The molecule has 2 aromatic rings. The van der Waals surface area contributed by atoms with Crippen molar-refractivity contribution in [3.63, 3.8) is 0 Å². The SMILES string of the molecule is CCc1nccn1CC(NC)c1ccc(C)cc1. The first kappa shape index (κ1) is 12.8. The number of likely N-dealkylation sites (N-methyl/N-ethyl adjacent to an activating group) is 1. The number of nitrogens with one attached hydrogen (secondary N) is 1. The minimum atomic E-state index is 0.324. The topological polar surface area (TPSA) is 29.9 Å². The third kappa shape index (κ3) is 2.79. The van der Waals surface area contributed by atoms with Crippen LogP contribution in [0.4, 0.5) is 0 Å². The van der Waals surface area contributed by atoms with Crippen LogP contribution in [-0.2, 0) is 13.0 Å². The highest BCUT2D eigenvalue weighted by Crippen LogP contribution is 2.16. The molecule has 3 heteroatoms. The third-order valence-corrected chi connectivity index (χ3v) is 3.33. The van der Waals surface area contributed by atoms with Crippen LogP contribution in [0.1, 0.15) is 29.9 Å². The number of benzene rings is 1. The molecule has 0 aliphatic rings. The summed E-state index contributed by atoms with van der Waals surface area (Å²) >= 11 is 0. The predicted octanol–water partition coefficient (Wildman–Crippen LogP) is 2.71. The molecule has 1 unspecified atom stereocenters.